The van der Waals surface area contributed by atoms with Crippen LogP contribution in [0.5, 0.6) is 0 Å². The van der Waals surface area contributed by atoms with Crippen LogP contribution in [0.3, 0.4) is 0 Å². The van der Waals surface area contributed by atoms with Gasteiger partial charge in [-0.25, -0.2) is 0 Å². The Morgan fingerprint density at radius 3 is 2.59 bits per heavy atom. The molecule has 246 valence electrons. The topological polar surface area (TPSA) is 204 Å². The predicted octanol–water partition coefficient (Wildman–Crippen LogP) is 1.69. The number of rotatable bonds is 14. The average Bonchev–Trinajstić information content (AvgIpc) is 3.21. The van der Waals surface area contributed by atoms with Crippen LogP contribution in [0.25, 0.3) is 0 Å². The van der Waals surface area contributed by atoms with Crippen molar-refractivity contribution in [2.45, 2.75) is 103 Å². The van der Waals surface area contributed by atoms with Gasteiger partial charge in [0, 0.05) is 18.8 Å². The summed E-state index contributed by atoms with van der Waals surface area (Å²) in [5.41, 5.74) is 0.677. The fourth-order valence-electron chi connectivity index (χ4n) is 8.58. The lowest BCUT2D eigenvalue weighted by Crippen LogP contribution is -2.62. The molecule has 0 saturated heterocycles. The van der Waals surface area contributed by atoms with E-state index >= 15 is 0 Å². The number of hydrogen-bond donors (Lipinski definition) is 4. The van der Waals surface area contributed by atoms with Crippen molar-refractivity contribution < 1.29 is 48.9 Å². The monoisotopic (exact) mass is 623 g/mol. The van der Waals surface area contributed by atoms with Crippen LogP contribution >= 0.6 is 0 Å². The highest BCUT2D eigenvalue weighted by Gasteiger charge is 2.68. The van der Waals surface area contributed by atoms with Crippen LogP contribution in [-0.4, -0.2) is 76.4 Å². The van der Waals surface area contributed by atoms with Gasteiger partial charge in [0.05, 0.1) is 25.7 Å². The normalized spacial score (nSPS) is 34.9. The number of hydrogen-bond acceptors (Lipinski definition) is 12. The van der Waals surface area contributed by atoms with E-state index in [1.807, 2.05) is 6.92 Å². The Bertz CT molecular complexity index is 1180. The van der Waals surface area contributed by atoms with Crippen LogP contribution in [0.2, 0.25) is 0 Å². The molecule has 1 amide bonds. The molecule has 0 spiro atoms. The molecule has 3 fully saturated rings. The largest absolute Gasteiger partial charge is 0.457 e. The molecule has 14 nitrogen and oxygen atoms in total. The lowest BCUT2D eigenvalue weighted by Gasteiger charge is -2.60. The molecule has 0 bridgehead atoms. The Kier molecular flexibility index (Phi) is 10.5. The highest BCUT2D eigenvalue weighted by molar-refractivity contribution is 5.92. The van der Waals surface area contributed by atoms with Gasteiger partial charge in [0.25, 0.3) is 5.09 Å². The van der Waals surface area contributed by atoms with Crippen molar-refractivity contribution in [3.8, 4) is 0 Å². The summed E-state index contributed by atoms with van der Waals surface area (Å²) in [5.74, 6) is -1.70. The first-order valence-electron chi connectivity index (χ1n) is 15.5. The number of fused-ring (bicyclic) bond motifs is 5. The first-order chi connectivity index (χ1) is 20.7. The molecule has 0 aromatic carbocycles. The van der Waals surface area contributed by atoms with Crippen LogP contribution in [0, 0.1) is 38.7 Å². The van der Waals surface area contributed by atoms with Crippen molar-refractivity contribution >= 4 is 23.4 Å². The number of amides is 1. The second-order valence-electron chi connectivity index (χ2n) is 13.2. The molecule has 0 aromatic rings. The minimum Gasteiger partial charge on any atom is -0.457 e. The first kappa shape index (κ1) is 33.9. The van der Waals surface area contributed by atoms with Crippen LogP contribution in [0.1, 0.15) is 85.0 Å². The fourth-order valence-corrected chi connectivity index (χ4v) is 8.58. The molecule has 3 saturated carbocycles. The number of allylic oxidation sites excluding steroid dienone is 1. The molecule has 4 rings (SSSR count). The molecule has 44 heavy (non-hydrogen) atoms. The number of nitrogens with zero attached hydrogens (tertiary/aromatic N) is 1. The van der Waals surface area contributed by atoms with Crippen molar-refractivity contribution in [3.05, 3.63) is 21.8 Å². The van der Waals surface area contributed by atoms with Gasteiger partial charge in [0.2, 0.25) is 11.7 Å². The highest BCUT2D eigenvalue weighted by Crippen LogP contribution is 2.67. The number of carbonyl (C=O) groups is 4. The summed E-state index contributed by atoms with van der Waals surface area (Å²) in [6.45, 7) is 4.64. The maximum absolute atomic E-state index is 13.5. The standard InChI is InChI=1S/C30H45N3O11/c1-18(34)31-25(32-43-12-4-5-13-44-33(40)41)15-26(38)42-17-24(37)30(39)11-9-22-21-7-6-19-14-20(35)8-10-28(19,2)27(21)23(36)16-29(22,30)3/h14,21-23,25,27,32,36,39H,4-13,15-17H2,1-3H3,(H,31,34)/t21-,22-,23-,25?,27+,28-,29-,30-/m0/s1. The number of nitrogens with one attached hydrogen (secondary N) is 2. The third kappa shape index (κ3) is 6.82. The molecule has 0 aromatic heterocycles. The van der Waals surface area contributed by atoms with Crippen LogP contribution < -0.4 is 10.8 Å². The number of esters is 1. The van der Waals surface area contributed by atoms with Crippen LogP contribution in [0.4, 0.5) is 0 Å². The number of Topliss-reactive ketones (excluding diaryl/α,β-unsaturated/α-hetero) is 1. The van der Waals surface area contributed by atoms with E-state index in [4.69, 9.17) is 9.57 Å². The van der Waals surface area contributed by atoms with Crippen molar-refractivity contribution in [2.75, 3.05) is 19.8 Å². The fraction of sp³-hybridized carbons (Fsp3) is 0.800. The van der Waals surface area contributed by atoms with Gasteiger partial charge in [-0.3, -0.25) is 24.0 Å². The van der Waals surface area contributed by atoms with Crippen molar-refractivity contribution in [3.63, 3.8) is 0 Å². The smallest absolute Gasteiger partial charge is 0.309 e. The molecule has 0 heterocycles. The molecule has 0 radical (unpaired) electrons. The lowest BCUT2D eigenvalue weighted by molar-refractivity contribution is -0.757. The number of aliphatic hydroxyl groups is 2. The molecule has 4 aliphatic rings. The first-order valence-corrected chi connectivity index (χ1v) is 15.5. The number of ketones is 2. The Morgan fingerprint density at radius 1 is 1.16 bits per heavy atom. The molecule has 8 atom stereocenters. The summed E-state index contributed by atoms with van der Waals surface area (Å²) in [6, 6.07) is 0. The van der Waals surface area contributed by atoms with Gasteiger partial charge in [0.15, 0.2) is 12.4 Å². The van der Waals surface area contributed by atoms with Gasteiger partial charge in [0.1, 0.15) is 11.8 Å². The van der Waals surface area contributed by atoms with E-state index in [1.165, 1.54) is 6.92 Å². The molecule has 4 N–H and O–H groups in total. The molecule has 0 aliphatic heterocycles. The molecule has 4 aliphatic carbocycles. The zero-order valence-corrected chi connectivity index (χ0v) is 25.7. The molecular weight excluding hydrogens is 578 g/mol. The molecule has 1 unspecified atom stereocenters. The Hall–Kier alpha value is -2.94. The zero-order chi connectivity index (χ0) is 32.3. The highest BCUT2D eigenvalue weighted by atomic mass is 16.9. The zero-order valence-electron chi connectivity index (χ0n) is 25.7. The predicted molar refractivity (Wildman–Crippen MR) is 153 cm³/mol. The van der Waals surface area contributed by atoms with E-state index in [-0.39, 0.29) is 61.4 Å². The second-order valence-corrected chi connectivity index (χ2v) is 13.2. The average molecular weight is 624 g/mol. The quantitative estimate of drug-likeness (QED) is 0.0718. The van der Waals surface area contributed by atoms with Crippen LogP contribution in [-0.2, 0) is 33.6 Å². The van der Waals surface area contributed by atoms with Gasteiger partial charge in [-0.15, -0.1) is 10.1 Å². The third-order valence-electron chi connectivity index (χ3n) is 10.7. The minimum absolute atomic E-state index is 0.00633. The number of unbranched alkanes of at least 4 members (excludes halogenated alkanes) is 1. The number of aliphatic hydroxyl groups excluding tert-OH is 1. The number of hydroxylamine groups is 1. The Labute approximate surface area is 256 Å². The Balaban J connectivity index is 1.33. The van der Waals surface area contributed by atoms with Gasteiger partial charge in [-0.1, -0.05) is 19.4 Å². The summed E-state index contributed by atoms with van der Waals surface area (Å²) >= 11 is 0. The minimum atomic E-state index is -1.78. The number of ether oxygens (including phenoxy) is 1. The van der Waals surface area contributed by atoms with Gasteiger partial charge in [-0.2, -0.15) is 5.48 Å². The SMILES string of the molecule is CC(=O)NC(CC(=O)OCC(=O)[C@@]1(O)CC[C@H]2[C@@H]3CCC4=CC(=O)CC[C@]4(C)[C@H]3[C@@H](O)C[C@@]21C)NOCCCCO[N+](=O)[O-]. The summed E-state index contributed by atoms with van der Waals surface area (Å²) in [6.07, 6.45) is 4.18. The molecular formula is C30H45N3O11. The Morgan fingerprint density at radius 2 is 1.89 bits per heavy atom. The van der Waals surface area contributed by atoms with E-state index in [0.717, 1.165) is 18.4 Å². The maximum atomic E-state index is 13.5. The van der Waals surface area contributed by atoms with E-state index < -0.39 is 52.6 Å². The van der Waals surface area contributed by atoms with Crippen molar-refractivity contribution in [1.82, 2.24) is 10.8 Å². The lowest BCUT2D eigenvalue weighted by atomic mass is 9.45. The van der Waals surface area contributed by atoms with E-state index in [9.17, 15) is 39.5 Å². The third-order valence-corrected chi connectivity index (χ3v) is 10.7. The summed E-state index contributed by atoms with van der Waals surface area (Å²) in [4.78, 5) is 69.5. The van der Waals surface area contributed by atoms with Gasteiger partial charge in [-0.05, 0) is 80.6 Å². The van der Waals surface area contributed by atoms with E-state index in [0.29, 0.717) is 32.1 Å². The van der Waals surface area contributed by atoms with Crippen molar-refractivity contribution in [2.24, 2.45) is 28.6 Å². The molecule has 14 heteroatoms. The van der Waals surface area contributed by atoms with Crippen molar-refractivity contribution in [1.29, 1.82) is 0 Å². The second kappa shape index (κ2) is 13.6. The maximum Gasteiger partial charge on any atom is 0.309 e. The van der Waals surface area contributed by atoms with E-state index in [1.54, 1.807) is 6.08 Å². The summed E-state index contributed by atoms with van der Waals surface area (Å²) < 4.78 is 5.25. The number of carbonyl (C=O) groups excluding carboxylic acids is 4. The summed E-state index contributed by atoms with van der Waals surface area (Å²) in [5, 5.41) is 35.2. The summed E-state index contributed by atoms with van der Waals surface area (Å²) in [7, 11) is 0. The van der Waals surface area contributed by atoms with Crippen LogP contribution in [0.15, 0.2) is 11.6 Å². The van der Waals surface area contributed by atoms with E-state index in [2.05, 4.69) is 22.6 Å². The van der Waals surface area contributed by atoms with Gasteiger partial charge < -0.3 is 25.1 Å². The van der Waals surface area contributed by atoms with Gasteiger partial charge >= 0.3 is 5.97 Å².